The van der Waals surface area contributed by atoms with Crippen molar-refractivity contribution in [3.8, 4) is 5.75 Å². The number of hydrogen-bond donors (Lipinski definition) is 1. The maximum absolute atomic E-state index is 12.7. The Labute approximate surface area is 134 Å². The van der Waals surface area contributed by atoms with Gasteiger partial charge >= 0.3 is 0 Å². The number of hydrogen-bond acceptors (Lipinski definition) is 3. The molecule has 0 spiro atoms. The minimum atomic E-state index is -0.133. The number of nitrogens with zero attached hydrogens (tertiary/aromatic N) is 1. The fourth-order valence-electron chi connectivity index (χ4n) is 2.77. The van der Waals surface area contributed by atoms with Crippen molar-refractivity contribution in [2.24, 2.45) is 0 Å². The van der Waals surface area contributed by atoms with E-state index < -0.39 is 0 Å². The van der Waals surface area contributed by atoms with Crippen LogP contribution in [0.15, 0.2) is 42.5 Å². The van der Waals surface area contributed by atoms with Crippen molar-refractivity contribution in [1.29, 1.82) is 0 Å². The lowest BCUT2D eigenvalue weighted by Gasteiger charge is -2.18. The third-order valence-corrected chi connectivity index (χ3v) is 3.88. The summed E-state index contributed by atoms with van der Waals surface area (Å²) >= 11 is 0. The number of ether oxygens (including phenoxy) is 1. The Balaban J connectivity index is 1.81. The van der Waals surface area contributed by atoms with Crippen LogP contribution in [0.4, 0.5) is 11.4 Å². The van der Waals surface area contributed by atoms with E-state index in [0.29, 0.717) is 17.8 Å². The molecule has 0 saturated heterocycles. The second kappa shape index (κ2) is 6.12. The SMILES string of the molecule is COc1ccc2c(c1)CCN2C(=O)c1ccc(NC(C)=O)cc1. The van der Waals surface area contributed by atoms with Crippen LogP contribution in [-0.2, 0) is 11.2 Å². The number of carbonyl (C=O) groups is 2. The van der Waals surface area contributed by atoms with Crippen LogP contribution in [0, 0.1) is 0 Å². The number of anilines is 2. The molecule has 1 aliphatic heterocycles. The Morgan fingerprint density at radius 2 is 1.87 bits per heavy atom. The smallest absolute Gasteiger partial charge is 0.258 e. The van der Waals surface area contributed by atoms with E-state index in [1.54, 1.807) is 36.3 Å². The summed E-state index contributed by atoms with van der Waals surface area (Å²) in [4.78, 5) is 25.5. The van der Waals surface area contributed by atoms with E-state index in [2.05, 4.69) is 5.32 Å². The highest BCUT2D eigenvalue weighted by atomic mass is 16.5. The Hall–Kier alpha value is -2.82. The van der Waals surface area contributed by atoms with Crippen LogP contribution in [0.3, 0.4) is 0 Å². The van der Waals surface area contributed by atoms with E-state index in [-0.39, 0.29) is 11.8 Å². The van der Waals surface area contributed by atoms with Gasteiger partial charge in [0.25, 0.3) is 5.91 Å². The van der Waals surface area contributed by atoms with E-state index in [4.69, 9.17) is 4.74 Å². The average molecular weight is 310 g/mol. The van der Waals surface area contributed by atoms with Crippen LogP contribution in [0.2, 0.25) is 0 Å². The van der Waals surface area contributed by atoms with Gasteiger partial charge in [-0.2, -0.15) is 0 Å². The first kappa shape index (κ1) is 15.1. The summed E-state index contributed by atoms with van der Waals surface area (Å²) in [6.45, 7) is 2.11. The lowest BCUT2D eigenvalue weighted by Crippen LogP contribution is -2.28. The fraction of sp³-hybridized carbons (Fsp3) is 0.222. The average Bonchev–Trinajstić information content (AvgIpc) is 2.97. The first-order valence-electron chi connectivity index (χ1n) is 7.45. The molecule has 2 amide bonds. The van der Waals surface area contributed by atoms with Crippen molar-refractivity contribution in [2.45, 2.75) is 13.3 Å². The quantitative estimate of drug-likeness (QED) is 0.948. The summed E-state index contributed by atoms with van der Waals surface area (Å²) in [6.07, 6.45) is 0.822. The lowest BCUT2D eigenvalue weighted by atomic mass is 10.1. The topological polar surface area (TPSA) is 58.6 Å². The number of benzene rings is 2. The van der Waals surface area contributed by atoms with Gasteiger partial charge in [0, 0.05) is 30.4 Å². The van der Waals surface area contributed by atoms with Crippen molar-refractivity contribution in [2.75, 3.05) is 23.9 Å². The molecule has 0 aromatic heterocycles. The van der Waals surface area contributed by atoms with Crippen LogP contribution in [-0.4, -0.2) is 25.5 Å². The number of nitrogens with one attached hydrogen (secondary N) is 1. The summed E-state index contributed by atoms with van der Waals surface area (Å²) in [5, 5.41) is 2.69. The van der Waals surface area contributed by atoms with E-state index in [1.807, 2.05) is 18.2 Å². The van der Waals surface area contributed by atoms with Gasteiger partial charge in [-0.15, -0.1) is 0 Å². The summed E-state index contributed by atoms with van der Waals surface area (Å²) in [5.41, 5.74) is 3.33. The molecular weight excluding hydrogens is 292 g/mol. The van der Waals surface area contributed by atoms with E-state index in [1.165, 1.54) is 6.92 Å². The molecule has 2 aromatic carbocycles. The molecule has 0 bridgehead atoms. The van der Waals surface area contributed by atoms with Crippen LogP contribution < -0.4 is 15.0 Å². The van der Waals surface area contributed by atoms with Gasteiger partial charge in [0.05, 0.1) is 7.11 Å². The Kier molecular flexibility index (Phi) is 4.02. The largest absolute Gasteiger partial charge is 0.497 e. The van der Waals surface area contributed by atoms with Gasteiger partial charge in [-0.1, -0.05) is 0 Å². The molecule has 0 fully saturated rings. The molecule has 1 aliphatic rings. The highest BCUT2D eigenvalue weighted by molar-refractivity contribution is 6.07. The Morgan fingerprint density at radius 1 is 1.13 bits per heavy atom. The standard InChI is InChI=1S/C18H18N2O3/c1-12(21)19-15-5-3-13(4-6-15)18(22)20-10-9-14-11-16(23-2)7-8-17(14)20/h3-8,11H,9-10H2,1-2H3,(H,19,21). The molecule has 3 rings (SSSR count). The van der Waals surface area contributed by atoms with Crippen LogP contribution in [0.25, 0.3) is 0 Å². The van der Waals surface area contributed by atoms with Crippen LogP contribution in [0.5, 0.6) is 5.75 Å². The van der Waals surface area contributed by atoms with Crippen molar-refractivity contribution >= 4 is 23.2 Å². The van der Waals surface area contributed by atoms with Gasteiger partial charge in [0.2, 0.25) is 5.91 Å². The molecule has 1 N–H and O–H groups in total. The molecule has 2 aromatic rings. The molecule has 118 valence electrons. The maximum atomic E-state index is 12.7. The zero-order chi connectivity index (χ0) is 16.4. The van der Waals surface area contributed by atoms with Gasteiger partial charge < -0.3 is 15.0 Å². The molecule has 0 radical (unpaired) electrons. The van der Waals surface area contributed by atoms with Crippen molar-refractivity contribution in [1.82, 2.24) is 0 Å². The van der Waals surface area contributed by atoms with Gasteiger partial charge in [-0.05, 0) is 54.4 Å². The molecule has 0 aliphatic carbocycles. The van der Waals surface area contributed by atoms with Crippen molar-refractivity contribution in [3.05, 3.63) is 53.6 Å². The monoisotopic (exact) mass is 310 g/mol. The third-order valence-electron chi connectivity index (χ3n) is 3.88. The second-order valence-electron chi connectivity index (χ2n) is 5.46. The summed E-state index contributed by atoms with van der Waals surface area (Å²) in [7, 11) is 1.64. The van der Waals surface area contributed by atoms with E-state index >= 15 is 0 Å². The normalized spacial score (nSPS) is 12.7. The predicted molar refractivity (Wildman–Crippen MR) is 89.1 cm³/mol. The number of methoxy groups -OCH3 is 1. The minimum absolute atomic E-state index is 0.0386. The fourth-order valence-corrected chi connectivity index (χ4v) is 2.77. The Bertz CT molecular complexity index is 753. The summed E-state index contributed by atoms with van der Waals surface area (Å²) < 4.78 is 5.23. The molecule has 0 atom stereocenters. The van der Waals surface area contributed by atoms with E-state index in [0.717, 1.165) is 23.4 Å². The lowest BCUT2D eigenvalue weighted by molar-refractivity contribution is -0.114. The summed E-state index contributed by atoms with van der Waals surface area (Å²) in [6, 6.07) is 12.7. The first-order chi connectivity index (χ1) is 11.1. The maximum Gasteiger partial charge on any atom is 0.258 e. The zero-order valence-electron chi connectivity index (χ0n) is 13.1. The third kappa shape index (κ3) is 3.04. The second-order valence-corrected chi connectivity index (χ2v) is 5.46. The van der Waals surface area contributed by atoms with E-state index in [9.17, 15) is 9.59 Å². The zero-order valence-corrected chi connectivity index (χ0v) is 13.1. The minimum Gasteiger partial charge on any atom is -0.497 e. The molecule has 0 saturated carbocycles. The Morgan fingerprint density at radius 3 is 2.52 bits per heavy atom. The van der Waals surface area contributed by atoms with Gasteiger partial charge in [-0.3, -0.25) is 9.59 Å². The van der Waals surface area contributed by atoms with Crippen molar-refractivity contribution in [3.63, 3.8) is 0 Å². The molecule has 23 heavy (non-hydrogen) atoms. The predicted octanol–water partition coefficient (Wildman–Crippen LogP) is 2.86. The van der Waals surface area contributed by atoms with Crippen LogP contribution >= 0.6 is 0 Å². The van der Waals surface area contributed by atoms with Crippen LogP contribution in [0.1, 0.15) is 22.8 Å². The van der Waals surface area contributed by atoms with Gasteiger partial charge in [0.15, 0.2) is 0 Å². The van der Waals surface area contributed by atoms with Gasteiger partial charge in [0.1, 0.15) is 5.75 Å². The van der Waals surface area contributed by atoms with Crippen molar-refractivity contribution < 1.29 is 14.3 Å². The highest BCUT2D eigenvalue weighted by Crippen LogP contribution is 2.32. The highest BCUT2D eigenvalue weighted by Gasteiger charge is 2.25. The number of amides is 2. The molecule has 5 heteroatoms. The van der Waals surface area contributed by atoms with Gasteiger partial charge in [-0.25, -0.2) is 0 Å². The molecule has 1 heterocycles. The molecule has 0 unspecified atom stereocenters. The number of rotatable bonds is 3. The first-order valence-corrected chi connectivity index (χ1v) is 7.45. The molecular formula is C18H18N2O3. The number of carbonyl (C=O) groups excluding carboxylic acids is 2. The molecule has 5 nitrogen and oxygen atoms in total. The number of fused-ring (bicyclic) bond motifs is 1. The summed E-state index contributed by atoms with van der Waals surface area (Å²) in [5.74, 6) is 0.632.